The van der Waals surface area contributed by atoms with Crippen LogP contribution in [0.2, 0.25) is 0 Å². The molecule has 0 unspecified atom stereocenters. The minimum atomic E-state index is -0.111. The second-order valence-electron chi connectivity index (χ2n) is 2.84. The maximum atomic E-state index is 11.0. The van der Waals surface area contributed by atoms with Crippen molar-refractivity contribution in [3.05, 3.63) is 0 Å². The van der Waals surface area contributed by atoms with E-state index >= 15 is 0 Å². The first-order valence-corrected chi connectivity index (χ1v) is 4.74. The second kappa shape index (κ2) is 5.25. The zero-order valence-corrected chi connectivity index (χ0v) is 9.07. The summed E-state index contributed by atoms with van der Waals surface area (Å²) in [5.41, 5.74) is 0. The average Bonchev–Trinajstić information content (AvgIpc) is 2.05. The van der Waals surface area contributed by atoms with Crippen molar-refractivity contribution in [3.8, 4) is 0 Å². The summed E-state index contributed by atoms with van der Waals surface area (Å²) in [6.45, 7) is 9.30. The maximum Gasteiger partial charge on any atom is 0.139 e. The Morgan fingerprint density at radius 1 is 1.42 bits per heavy atom. The molecule has 0 rings (SSSR count). The van der Waals surface area contributed by atoms with Gasteiger partial charge in [-0.1, -0.05) is 12.2 Å². The zero-order chi connectivity index (χ0) is 9.72. The van der Waals surface area contributed by atoms with Crippen LogP contribution in [0, 0.1) is 5.92 Å². The van der Waals surface area contributed by atoms with E-state index in [1.807, 2.05) is 25.7 Å². The van der Waals surface area contributed by atoms with Gasteiger partial charge in [0.15, 0.2) is 0 Å². The first kappa shape index (κ1) is 11.6. The first-order chi connectivity index (χ1) is 5.54. The van der Waals surface area contributed by atoms with Crippen molar-refractivity contribution < 1.29 is 4.79 Å². The van der Waals surface area contributed by atoms with Crippen molar-refractivity contribution in [3.63, 3.8) is 0 Å². The van der Waals surface area contributed by atoms with Crippen molar-refractivity contribution in [2.45, 2.75) is 27.7 Å². The van der Waals surface area contributed by atoms with Crippen molar-refractivity contribution in [1.29, 1.82) is 0 Å². The summed E-state index contributed by atoms with van der Waals surface area (Å²) < 4.78 is 0. The van der Waals surface area contributed by atoms with Gasteiger partial charge in [0.1, 0.15) is 5.78 Å². The number of Topliss-reactive ketones (excluding diaryl/α,β-unsaturated/α-hetero) is 1. The van der Waals surface area contributed by atoms with Crippen molar-refractivity contribution >= 4 is 23.0 Å². The summed E-state index contributed by atoms with van der Waals surface area (Å²) in [5.74, 6) is 0.0341. The third kappa shape index (κ3) is 2.89. The average molecular weight is 187 g/mol. The highest BCUT2D eigenvalue weighted by Crippen LogP contribution is 2.05. The molecule has 12 heavy (non-hydrogen) atoms. The largest absolute Gasteiger partial charge is 0.366 e. The molecule has 0 aliphatic rings. The Balaban J connectivity index is 4.25. The molecule has 0 N–H and O–H groups in total. The molecule has 0 heterocycles. The van der Waals surface area contributed by atoms with E-state index < -0.39 is 0 Å². The lowest BCUT2D eigenvalue weighted by Gasteiger charge is -2.24. The normalized spacial score (nSPS) is 12.3. The highest BCUT2D eigenvalue weighted by Gasteiger charge is 2.17. The number of carbonyl (C=O) groups is 1. The summed E-state index contributed by atoms with van der Waals surface area (Å²) in [6.07, 6.45) is 0. The van der Waals surface area contributed by atoms with E-state index in [9.17, 15) is 4.79 Å². The summed E-state index contributed by atoms with van der Waals surface area (Å²) in [4.78, 5) is 13.8. The van der Waals surface area contributed by atoms with Gasteiger partial charge in [-0.3, -0.25) is 4.79 Å². The Bertz CT molecular complexity index is 175. The minimum Gasteiger partial charge on any atom is -0.366 e. The molecule has 0 spiro atoms. The van der Waals surface area contributed by atoms with E-state index in [1.165, 1.54) is 0 Å². The van der Waals surface area contributed by atoms with Gasteiger partial charge in [-0.15, -0.1) is 0 Å². The number of carbonyl (C=O) groups excluding carboxylic acids is 1. The van der Waals surface area contributed by atoms with Gasteiger partial charge in [0.25, 0.3) is 0 Å². The minimum absolute atomic E-state index is 0.111. The van der Waals surface area contributed by atoms with Crippen molar-refractivity contribution in [2.75, 3.05) is 13.1 Å². The second-order valence-corrected chi connectivity index (χ2v) is 3.26. The van der Waals surface area contributed by atoms with Crippen LogP contribution in [0.3, 0.4) is 0 Å². The number of rotatable bonds is 4. The molecular formula is C9H17NOS. The molecule has 0 radical (unpaired) electrons. The van der Waals surface area contributed by atoms with Crippen LogP contribution < -0.4 is 0 Å². The SMILES string of the molecule is CCN(CC)C(=S)[C@H](C)C(C)=O. The topological polar surface area (TPSA) is 20.3 Å². The molecule has 0 aliphatic heterocycles. The van der Waals surface area contributed by atoms with Crippen LogP contribution in [-0.2, 0) is 4.79 Å². The molecule has 0 aromatic carbocycles. The number of thiocarbonyl (C=S) groups is 1. The van der Waals surface area contributed by atoms with Crippen molar-refractivity contribution in [1.82, 2.24) is 4.90 Å². The molecule has 0 aromatic heterocycles. The lowest BCUT2D eigenvalue weighted by molar-refractivity contribution is -0.118. The van der Waals surface area contributed by atoms with Gasteiger partial charge in [-0.2, -0.15) is 0 Å². The van der Waals surface area contributed by atoms with Crippen LogP contribution in [0.1, 0.15) is 27.7 Å². The molecule has 0 saturated heterocycles. The van der Waals surface area contributed by atoms with Gasteiger partial charge in [0.2, 0.25) is 0 Å². The lowest BCUT2D eigenvalue weighted by Crippen LogP contribution is -2.35. The Hall–Kier alpha value is -0.440. The zero-order valence-electron chi connectivity index (χ0n) is 8.26. The van der Waals surface area contributed by atoms with Crippen LogP contribution in [0.25, 0.3) is 0 Å². The predicted octanol–water partition coefficient (Wildman–Crippen LogP) is 1.88. The van der Waals surface area contributed by atoms with Gasteiger partial charge >= 0.3 is 0 Å². The van der Waals surface area contributed by atoms with Gasteiger partial charge in [0.05, 0.1) is 10.9 Å². The Labute approximate surface area is 79.9 Å². The summed E-state index contributed by atoms with van der Waals surface area (Å²) in [6, 6.07) is 0. The summed E-state index contributed by atoms with van der Waals surface area (Å²) in [5, 5.41) is 0. The highest BCUT2D eigenvalue weighted by atomic mass is 32.1. The number of hydrogen-bond acceptors (Lipinski definition) is 2. The Morgan fingerprint density at radius 3 is 2.08 bits per heavy atom. The van der Waals surface area contributed by atoms with Crippen molar-refractivity contribution in [2.24, 2.45) is 5.92 Å². The standard InChI is InChI=1S/C9H17NOS/c1-5-10(6-2)9(12)7(3)8(4)11/h7H,5-6H2,1-4H3/t7-/m1/s1. The fourth-order valence-electron chi connectivity index (χ4n) is 0.983. The van der Waals surface area contributed by atoms with E-state index in [0.717, 1.165) is 18.1 Å². The van der Waals surface area contributed by atoms with E-state index in [-0.39, 0.29) is 11.7 Å². The Morgan fingerprint density at radius 2 is 1.83 bits per heavy atom. The van der Waals surface area contributed by atoms with Gasteiger partial charge in [0, 0.05) is 13.1 Å². The summed E-state index contributed by atoms with van der Waals surface area (Å²) >= 11 is 5.18. The lowest BCUT2D eigenvalue weighted by atomic mass is 10.1. The molecule has 3 heteroatoms. The quantitative estimate of drug-likeness (QED) is 0.627. The highest BCUT2D eigenvalue weighted by molar-refractivity contribution is 7.80. The van der Waals surface area contributed by atoms with Crippen LogP contribution in [0.15, 0.2) is 0 Å². The van der Waals surface area contributed by atoms with E-state index in [2.05, 4.69) is 0 Å². The van der Waals surface area contributed by atoms with Gasteiger partial charge < -0.3 is 4.90 Å². The number of hydrogen-bond donors (Lipinski definition) is 0. The molecule has 0 aromatic rings. The van der Waals surface area contributed by atoms with Gasteiger partial charge in [-0.05, 0) is 27.7 Å². The molecule has 0 saturated carbocycles. The molecule has 1 atom stereocenters. The monoisotopic (exact) mass is 187 g/mol. The summed E-state index contributed by atoms with van der Waals surface area (Å²) in [7, 11) is 0. The van der Waals surface area contributed by atoms with E-state index in [4.69, 9.17) is 12.2 Å². The van der Waals surface area contributed by atoms with E-state index in [0.29, 0.717) is 0 Å². The number of nitrogens with zero attached hydrogens (tertiary/aromatic N) is 1. The predicted molar refractivity (Wildman–Crippen MR) is 55.4 cm³/mol. The van der Waals surface area contributed by atoms with Crippen LogP contribution in [0.4, 0.5) is 0 Å². The smallest absolute Gasteiger partial charge is 0.139 e. The van der Waals surface area contributed by atoms with Crippen LogP contribution in [-0.4, -0.2) is 28.8 Å². The molecule has 0 bridgehead atoms. The maximum absolute atomic E-state index is 11.0. The van der Waals surface area contributed by atoms with Gasteiger partial charge in [-0.25, -0.2) is 0 Å². The Kier molecular flexibility index (Phi) is 5.06. The van der Waals surface area contributed by atoms with E-state index in [1.54, 1.807) is 6.92 Å². The molecule has 0 fully saturated rings. The number of ketones is 1. The molecule has 70 valence electrons. The third-order valence-corrected chi connectivity index (χ3v) is 2.67. The molecule has 2 nitrogen and oxygen atoms in total. The molecular weight excluding hydrogens is 170 g/mol. The van der Waals surface area contributed by atoms with Crippen LogP contribution in [0.5, 0.6) is 0 Å². The first-order valence-electron chi connectivity index (χ1n) is 4.33. The fraction of sp³-hybridized carbons (Fsp3) is 0.778. The van der Waals surface area contributed by atoms with Crippen LogP contribution >= 0.6 is 12.2 Å². The molecule has 0 aliphatic carbocycles. The third-order valence-electron chi connectivity index (χ3n) is 2.06. The molecule has 0 amide bonds. The fourth-order valence-corrected chi connectivity index (χ4v) is 1.41.